The maximum absolute atomic E-state index is 13.7. The predicted molar refractivity (Wildman–Crippen MR) is 108 cm³/mol. The molecule has 2 aliphatic rings. The molecule has 2 saturated heterocycles. The van der Waals surface area contributed by atoms with Crippen molar-refractivity contribution in [3.63, 3.8) is 0 Å². The van der Waals surface area contributed by atoms with Gasteiger partial charge in [0.25, 0.3) is 0 Å². The lowest BCUT2D eigenvalue weighted by atomic mass is 10.0. The van der Waals surface area contributed by atoms with E-state index < -0.39 is 6.04 Å². The smallest absolute Gasteiger partial charge is 0.242 e. The lowest BCUT2D eigenvalue weighted by Crippen LogP contribution is -2.49. The Kier molecular flexibility index (Phi) is 11.1. The van der Waals surface area contributed by atoms with Crippen LogP contribution in [0.1, 0.15) is 11.6 Å². The number of nitrogens with one attached hydrogen (secondary N) is 2. The van der Waals surface area contributed by atoms with Gasteiger partial charge in [-0.2, -0.15) is 0 Å². The highest BCUT2D eigenvalue weighted by Gasteiger charge is 2.29. The topological polar surface area (TPSA) is 56.8 Å². The molecule has 0 spiro atoms. The zero-order valence-corrected chi connectivity index (χ0v) is 17.0. The number of carbonyl (C=O) groups excluding carboxylic acids is 1. The Morgan fingerprint density at radius 3 is 2.56 bits per heavy atom. The number of carbonyl (C=O) groups is 1. The summed E-state index contributed by atoms with van der Waals surface area (Å²) in [5.74, 6) is -0.382. The third kappa shape index (κ3) is 7.18. The number of ether oxygens (including phenoxy) is 1. The molecule has 1 aromatic rings. The molecule has 2 heterocycles. The average molecular weight is 423 g/mol. The van der Waals surface area contributed by atoms with E-state index in [0.717, 1.165) is 32.7 Å². The van der Waals surface area contributed by atoms with Crippen molar-refractivity contribution in [2.24, 2.45) is 0 Å². The highest BCUT2D eigenvalue weighted by Crippen LogP contribution is 2.23. The van der Waals surface area contributed by atoms with E-state index in [2.05, 4.69) is 20.4 Å². The SMILES string of the molecule is Cl.Cl.O=C(NCCN1CCNCC1)C(c1cccc(F)c1)N1CCOCC1. The van der Waals surface area contributed by atoms with Gasteiger partial charge < -0.3 is 15.4 Å². The van der Waals surface area contributed by atoms with E-state index in [1.165, 1.54) is 12.1 Å². The summed E-state index contributed by atoms with van der Waals surface area (Å²) in [5.41, 5.74) is 0.696. The summed E-state index contributed by atoms with van der Waals surface area (Å²) in [6.45, 7) is 7.99. The Morgan fingerprint density at radius 1 is 1.19 bits per heavy atom. The van der Waals surface area contributed by atoms with Gasteiger partial charge in [0.05, 0.1) is 13.2 Å². The van der Waals surface area contributed by atoms with Gasteiger partial charge in [-0.15, -0.1) is 24.8 Å². The zero-order valence-electron chi connectivity index (χ0n) is 15.4. The first-order valence-corrected chi connectivity index (χ1v) is 9.02. The molecule has 9 heteroatoms. The van der Waals surface area contributed by atoms with Gasteiger partial charge in [0.2, 0.25) is 5.91 Å². The predicted octanol–water partition coefficient (Wildman–Crippen LogP) is 1.06. The van der Waals surface area contributed by atoms with Crippen molar-refractivity contribution < 1.29 is 13.9 Å². The quantitative estimate of drug-likeness (QED) is 0.717. The Labute approximate surface area is 172 Å². The second-order valence-corrected chi connectivity index (χ2v) is 6.49. The Hall–Kier alpha value is -0.960. The highest BCUT2D eigenvalue weighted by atomic mass is 35.5. The molecular formula is C18H29Cl2FN4O2. The van der Waals surface area contributed by atoms with Crippen molar-refractivity contribution in [3.05, 3.63) is 35.6 Å². The number of halogens is 3. The maximum atomic E-state index is 13.7. The van der Waals surface area contributed by atoms with Crippen LogP contribution in [0.3, 0.4) is 0 Å². The van der Waals surface area contributed by atoms with Gasteiger partial charge >= 0.3 is 0 Å². The highest BCUT2D eigenvalue weighted by molar-refractivity contribution is 5.85. The molecule has 0 saturated carbocycles. The summed E-state index contributed by atoms with van der Waals surface area (Å²) in [6.07, 6.45) is 0. The van der Waals surface area contributed by atoms with Gasteiger partial charge in [-0.1, -0.05) is 12.1 Å². The largest absolute Gasteiger partial charge is 0.379 e. The van der Waals surface area contributed by atoms with Crippen LogP contribution in [0, 0.1) is 5.82 Å². The molecule has 0 aromatic heterocycles. The molecule has 2 fully saturated rings. The fourth-order valence-corrected chi connectivity index (χ4v) is 3.41. The summed E-state index contributed by atoms with van der Waals surface area (Å²) in [6, 6.07) is 5.87. The lowest BCUT2D eigenvalue weighted by Gasteiger charge is -2.34. The number of benzene rings is 1. The fourth-order valence-electron chi connectivity index (χ4n) is 3.41. The Bertz CT molecular complexity index is 570. The number of morpholine rings is 1. The summed E-state index contributed by atoms with van der Waals surface area (Å²) < 4.78 is 19.1. The van der Waals surface area contributed by atoms with Gasteiger partial charge in [0.1, 0.15) is 11.9 Å². The minimum atomic E-state index is -0.470. The van der Waals surface area contributed by atoms with E-state index in [-0.39, 0.29) is 36.5 Å². The van der Waals surface area contributed by atoms with Crippen molar-refractivity contribution in [2.75, 3.05) is 65.6 Å². The normalized spacial score (nSPS) is 19.4. The number of nitrogens with zero attached hydrogens (tertiary/aromatic N) is 2. The van der Waals surface area contributed by atoms with E-state index in [0.29, 0.717) is 38.4 Å². The van der Waals surface area contributed by atoms with E-state index in [9.17, 15) is 9.18 Å². The monoisotopic (exact) mass is 422 g/mol. The summed E-state index contributed by atoms with van der Waals surface area (Å²) in [7, 11) is 0. The van der Waals surface area contributed by atoms with E-state index >= 15 is 0 Å². The van der Waals surface area contributed by atoms with Crippen LogP contribution in [0.25, 0.3) is 0 Å². The van der Waals surface area contributed by atoms with E-state index in [1.807, 2.05) is 6.07 Å². The molecule has 27 heavy (non-hydrogen) atoms. The molecule has 1 amide bonds. The number of rotatable bonds is 6. The number of hydrogen-bond acceptors (Lipinski definition) is 5. The first kappa shape index (κ1) is 24.1. The standard InChI is InChI=1S/C18H27FN4O2.2ClH/c19-16-3-1-2-15(14-16)17(23-10-12-25-13-11-23)18(24)21-6-9-22-7-4-20-5-8-22;;/h1-3,14,17,20H,4-13H2,(H,21,24);2*1H. The van der Waals surface area contributed by atoms with Gasteiger partial charge in [-0.3, -0.25) is 14.6 Å². The van der Waals surface area contributed by atoms with Crippen LogP contribution in [0.2, 0.25) is 0 Å². The van der Waals surface area contributed by atoms with Crippen molar-refractivity contribution in [3.8, 4) is 0 Å². The van der Waals surface area contributed by atoms with Gasteiger partial charge in [-0.25, -0.2) is 4.39 Å². The molecule has 2 aliphatic heterocycles. The van der Waals surface area contributed by atoms with Crippen LogP contribution < -0.4 is 10.6 Å². The molecule has 2 N–H and O–H groups in total. The van der Waals surface area contributed by atoms with Crippen molar-refractivity contribution in [1.82, 2.24) is 20.4 Å². The third-order valence-corrected chi connectivity index (χ3v) is 4.76. The first-order valence-electron chi connectivity index (χ1n) is 9.02. The van der Waals surface area contributed by atoms with E-state index in [1.54, 1.807) is 6.07 Å². The van der Waals surface area contributed by atoms with E-state index in [4.69, 9.17) is 4.74 Å². The molecular weight excluding hydrogens is 394 g/mol. The average Bonchev–Trinajstić information content (AvgIpc) is 2.64. The molecule has 0 aliphatic carbocycles. The Morgan fingerprint density at radius 2 is 1.89 bits per heavy atom. The first-order chi connectivity index (χ1) is 12.2. The minimum Gasteiger partial charge on any atom is -0.379 e. The second kappa shape index (κ2) is 12.5. The minimum absolute atomic E-state index is 0. The lowest BCUT2D eigenvalue weighted by molar-refractivity contribution is -0.128. The van der Waals surface area contributed by atoms with Crippen molar-refractivity contribution >= 4 is 30.7 Å². The summed E-state index contributed by atoms with van der Waals surface area (Å²) in [5, 5.41) is 6.36. The number of piperazine rings is 1. The molecule has 1 unspecified atom stereocenters. The fraction of sp³-hybridized carbons (Fsp3) is 0.611. The van der Waals surface area contributed by atoms with Crippen LogP contribution in [-0.4, -0.2) is 81.3 Å². The molecule has 154 valence electrons. The molecule has 0 bridgehead atoms. The molecule has 1 aromatic carbocycles. The Balaban J connectivity index is 0.00000182. The third-order valence-electron chi connectivity index (χ3n) is 4.76. The molecule has 6 nitrogen and oxygen atoms in total. The molecule has 1 atom stereocenters. The van der Waals surface area contributed by atoms with Crippen molar-refractivity contribution in [2.45, 2.75) is 6.04 Å². The van der Waals surface area contributed by atoms with Crippen molar-refractivity contribution in [1.29, 1.82) is 0 Å². The van der Waals surface area contributed by atoms with Gasteiger partial charge in [0, 0.05) is 52.4 Å². The second-order valence-electron chi connectivity index (χ2n) is 6.49. The van der Waals surface area contributed by atoms with Gasteiger partial charge in [0.15, 0.2) is 0 Å². The summed E-state index contributed by atoms with van der Waals surface area (Å²) >= 11 is 0. The zero-order chi connectivity index (χ0) is 17.5. The van der Waals surface area contributed by atoms with Crippen LogP contribution in [-0.2, 0) is 9.53 Å². The van der Waals surface area contributed by atoms with Crippen LogP contribution in [0.5, 0.6) is 0 Å². The van der Waals surface area contributed by atoms with Crippen LogP contribution in [0.15, 0.2) is 24.3 Å². The number of amides is 1. The molecule has 0 radical (unpaired) electrons. The number of hydrogen-bond donors (Lipinski definition) is 2. The summed E-state index contributed by atoms with van der Waals surface area (Å²) in [4.78, 5) is 17.3. The van der Waals surface area contributed by atoms with Gasteiger partial charge in [-0.05, 0) is 17.7 Å². The molecule has 3 rings (SSSR count). The van der Waals surface area contributed by atoms with Crippen LogP contribution in [0.4, 0.5) is 4.39 Å². The van der Waals surface area contributed by atoms with Crippen LogP contribution >= 0.6 is 24.8 Å². The maximum Gasteiger partial charge on any atom is 0.242 e.